The minimum Gasteiger partial charge on any atom is -0.344 e. The van der Waals surface area contributed by atoms with Crippen LogP contribution in [-0.2, 0) is 7.05 Å². The number of benzene rings is 2. The van der Waals surface area contributed by atoms with Gasteiger partial charge in [-0.25, -0.2) is 14.4 Å². The summed E-state index contributed by atoms with van der Waals surface area (Å²) in [6, 6.07) is 14.5. The van der Waals surface area contributed by atoms with Crippen molar-refractivity contribution >= 4 is 17.5 Å². The Labute approximate surface area is 183 Å². The minimum atomic E-state index is -0.404. The summed E-state index contributed by atoms with van der Waals surface area (Å²) in [6.07, 6.45) is 3.41. The first-order chi connectivity index (χ1) is 14.9. The predicted molar refractivity (Wildman–Crippen MR) is 117 cm³/mol. The summed E-state index contributed by atoms with van der Waals surface area (Å²) in [5.41, 5.74) is 2.92. The maximum atomic E-state index is 13.5. The fraction of sp³-hybridized carbons (Fsp3) is 0.130. The molecule has 2 aromatic carbocycles. The van der Waals surface area contributed by atoms with Crippen LogP contribution >= 0.6 is 11.6 Å². The van der Waals surface area contributed by atoms with Gasteiger partial charge in [-0.2, -0.15) is 5.10 Å². The molecule has 0 fully saturated rings. The Morgan fingerprint density at radius 3 is 2.55 bits per heavy atom. The van der Waals surface area contributed by atoms with Gasteiger partial charge in [-0.05, 0) is 42.8 Å². The van der Waals surface area contributed by atoms with Gasteiger partial charge in [-0.15, -0.1) is 0 Å². The zero-order chi connectivity index (χ0) is 22.0. The van der Waals surface area contributed by atoms with Crippen molar-refractivity contribution in [2.24, 2.45) is 7.05 Å². The van der Waals surface area contributed by atoms with Gasteiger partial charge in [0.15, 0.2) is 5.82 Å². The van der Waals surface area contributed by atoms with Crippen molar-refractivity contribution in [2.45, 2.75) is 13.0 Å². The van der Waals surface area contributed by atoms with Crippen molar-refractivity contribution in [1.82, 2.24) is 25.1 Å². The van der Waals surface area contributed by atoms with Gasteiger partial charge >= 0.3 is 0 Å². The van der Waals surface area contributed by atoms with E-state index in [4.69, 9.17) is 11.6 Å². The summed E-state index contributed by atoms with van der Waals surface area (Å²) in [4.78, 5) is 22.1. The molecule has 1 atom stereocenters. The van der Waals surface area contributed by atoms with Crippen molar-refractivity contribution in [3.63, 3.8) is 0 Å². The lowest BCUT2D eigenvalue weighted by molar-refractivity contribution is 0.0934. The highest BCUT2D eigenvalue weighted by Gasteiger charge is 2.17. The molecule has 1 unspecified atom stereocenters. The molecule has 6 nitrogen and oxygen atoms in total. The number of carbonyl (C=O) groups is 1. The molecule has 1 N–H and O–H groups in total. The summed E-state index contributed by atoms with van der Waals surface area (Å²) in [6.45, 7) is 1.79. The van der Waals surface area contributed by atoms with Crippen LogP contribution in [-0.4, -0.2) is 25.7 Å². The molecule has 0 spiro atoms. The Kier molecular flexibility index (Phi) is 5.77. The van der Waals surface area contributed by atoms with E-state index in [0.29, 0.717) is 27.7 Å². The molecule has 31 heavy (non-hydrogen) atoms. The van der Waals surface area contributed by atoms with Gasteiger partial charge in [0.25, 0.3) is 5.91 Å². The molecule has 0 bridgehead atoms. The number of amides is 1. The molecule has 4 rings (SSSR count). The van der Waals surface area contributed by atoms with E-state index < -0.39 is 6.04 Å². The zero-order valence-corrected chi connectivity index (χ0v) is 17.6. The lowest BCUT2D eigenvalue weighted by atomic mass is 10.1. The number of rotatable bonds is 5. The van der Waals surface area contributed by atoms with Gasteiger partial charge in [0.2, 0.25) is 0 Å². The Bertz CT molecular complexity index is 1240. The van der Waals surface area contributed by atoms with Crippen molar-refractivity contribution in [2.75, 3.05) is 0 Å². The third kappa shape index (κ3) is 4.78. The van der Waals surface area contributed by atoms with Gasteiger partial charge in [-0.1, -0.05) is 35.9 Å². The molecular formula is C23H19ClFN5O. The Hall–Kier alpha value is -3.58. The number of aromatic nitrogens is 4. The zero-order valence-electron chi connectivity index (χ0n) is 16.9. The first kappa shape index (κ1) is 20.7. The molecule has 4 aromatic rings. The summed E-state index contributed by atoms with van der Waals surface area (Å²) in [5.74, 6) is -0.367. The molecule has 0 aliphatic carbocycles. The molecule has 0 radical (unpaired) electrons. The van der Waals surface area contributed by atoms with Crippen molar-refractivity contribution in [3.05, 3.63) is 89.1 Å². The summed E-state index contributed by atoms with van der Waals surface area (Å²) in [5, 5.41) is 7.64. The molecule has 156 valence electrons. The number of halogens is 2. The minimum absolute atomic E-state index is 0.196. The maximum Gasteiger partial charge on any atom is 0.270 e. The largest absolute Gasteiger partial charge is 0.344 e. The van der Waals surface area contributed by atoms with E-state index in [1.807, 2.05) is 12.1 Å². The molecule has 0 aliphatic heterocycles. The second-order valence-corrected chi connectivity index (χ2v) is 7.56. The Morgan fingerprint density at radius 2 is 1.87 bits per heavy atom. The number of nitrogens with one attached hydrogen (secondary N) is 1. The molecule has 8 heteroatoms. The highest BCUT2D eigenvalue weighted by atomic mass is 35.5. The van der Waals surface area contributed by atoms with Crippen molar-refractivity contribution in [3.8, 4) is 22.6 Å². The van der Waals surface area contributed by atoms with Gasteiger partial charge < -0.3 is 5.32 Å². The number of hydrogen-bond donors (Lipinski definition) is 1. The summed E-state index contributed by atoms with van der Waals surface area (Å²) >= 11 is 6.00. The third-order valence-electron chi connectivity index (χ3n) is 4.76. The number of aryl methyl sites for hydroxylation is 1. The molecule has 0 aliphatic rings. The topological polar surface area (TPSA) is 72.7 Å². The van der Waals surface area contributed by atoms with E-state index in [2.05, 4.69) is 20.4 Å². The Morgan fingerprint density at radius 1 is 1.10 bits per heavy atom. The van der Waals surface area contributed by atoms with Crippen LogP contribution in [0.5, 0.6) is 0 Å². The normalized spacial score (nSPS) is 11.9. The van der Waals surface area contributed by atoms with Crippen LogP contribution in [0, 0.1) is 5.82 Å². The summed E-state index contributed by atoms with van der Waals surface area (Å²) in [7, 11) is 1.79. The standard InChI is InChI=1S/C23H19ClFN5O/c1-14(16-4-3-5-19(25)10-16)27-23(31)21-11-20(15-6-8-18(24)9-7-15)28-22(29-21)17-12-26-30(2)13-17/h3-14H,1-2H3,(H,27,31). The smallest absolute Gasteiger partial charge is 0.270 e. The van der Waals surface area contributed by atoms with E-state index in [-0.39, 0.29) is 17.4 Å². The lowest BCUT2D eigenvalue weighted by Crippen LogP contribution is -2.27. The number of carbonyl (C=O) groups excluding carboxylic acids is 1. The molecule has 0 saturated carbocycles. The highest BCUT2D eigenvalue weighted by molar-refractivity contribution is 6.30. The number of hydrogen-bond acceptors (Lipinski definition) is 4. The highest BCUT2D eigenvalue weighted by Crippen LogP contribution is 2.24. The van der Waals surface area contributed by atoms with E-state index in [0.717, 1.165) is 5.56 Å². The molecule has 1 amide bonds. The maximum absolute atomic E-state index is 13.5. The predicted octanol–water partition coefficient (Wildman–Crippen LogP) is 4.83. The number of nitrogens with zero attached hydrogens (tertiary/aromatic N) is 4. The molecule has 0 saturated heterocycles. The second-order valence-electron chi connectivity index (χ2n) is 7.12. The summed E-state index contributed by atoms with van der Waals surface area (Å²) < 4.78 is 15.2. The second kappa shape index (κ2) is 8.65. The monoisotopic (exact) mass is 435 g/mol. The lowest BCUT2D eigenvalue weighted by Gasteiger charge is -2.15. The van der Waals surface area contributed by atoms with Crippen LogP contribution in [0.4, 0.5) is 4.39 Å². The molecule has 2 heterocycles. The van der Waals surface area contributed by atoms with E-state index in [1.54, 1.807) is 61.4 Å². The van der Waals surface area contributed by atoms with E-state index >= 15 is 0 Å². The average Bonchev–Trinajstić information content (AvgIpc) is 3.20. The fourth-order valence-corrected chi connectivity index (χ4v) is 3.25. The van der Waals surface area contributed by atoms with Gasteiger partial charge in [0.05, 0.1) is 23.5 Å². The van der Waals surface area contributed by atoms with Crippen LogP contribution in [0.15, 0.2) is 67.0 Å². The van der Waals surface area contributed by atoms with E-state index in [1.165, 1.54) is 12.1 Å². The van der Waals surface area contributed by atoms with Gasteiger partial charge in [0.1, 0.15) is 11.5 Å². The van der Waals surface area contributed by atoms with Crippen LogP contribution in [0.1, 0.15) is 29.0 Å². The first-order valence-corrected chi connectivity index (χ1v) is 9.97. The third-order valence-corrected chi connectivity index (χ3v) is 5.01. The van der Waals surface area contributed by atoms with Crippen LogP contribution < -0.4 is 5.32 Å². The van der Waals surface area contributed by atoms with E-state index in [9.17, 15) is 9.18 Å². The molecular weight excluding hydrogens is 417 g/mol. The van der Waals surface area contributed by atoms with Crippen LogP contribution in [0.2, 0.25) is 5.02 Å². The SMILES string of the molecule is CC(NC(=O)c1cc(-c2ccc(Cl)cc2)nc(-c2cnn(C)c2)n1)c1cccc(F)c1. The van der Waals surface area contributed by atoms with Crippen molar-refractivity contribution in [1.29, 1.82) is 0 Å². The van der Waals surface area contributed by atoms with Gasteiger partial charge in [-0.3, -0.25) is 9.48 Å². The van der Waals surface area contributed by atoms with Crippen molar-refractivity contribution < 1.29 is 9.18 Å². The van der Waals surface area contributed by atoms with Crippen LogP contribution in [0.3, 0.4) is 0 Å². The average molecular weight is 436 g/mol. The van der Waals surface area contributed by atoms with Gasteiger partial charge in [0, 0.05) is 23.8 Å². The quantitative estimate of drug-likeness (QED) is 0.487. The van der Waals surface area contributed by atoms with Crippen LogP contribution in [0.25, 0.3) is 22.6 Å². The first-order valence-electron chi connectivity index (χ1n) is 9.59. The molecule has 2 aromatic heterocycles. The Balaban J connectivity index is 1.70. The fourth-order valence-electron chi connectivity index (χ4n) is 3.13.